The lowest BCUT2D eigenvalue weighted by Crippen LogP contribution is -2.09. The van der Waals surface area contributed by atoms with Crippen LogP contribution in [0.25, 0.3) is 0 Å². The summed E-state index contributed by atoms with van der Waals surface area (Å²) >= 11 is 3.51. The van der Waals surface area contributed by atoms with Gasteiger partial charge in [-0.25, -0.2) is 0 Å². The molecule has 2 aromatic carbocycles. The van der Waals surface area contributed by atoms with Crippen LogP contribution in [0.1, 0.15) is 5.56 Å². The molecule has 0 unspecified atom stereocenters. The van der Waals surface area contributed by atoms with Gasteiger partial charge in [0.2, 0.25) is 0 Å². The second-order valence-corrected chi connectivity index (χ2v) is 4.94. The van der Waals surface area contributed by atoms with Gasteiger partial charge in [0.15, 0.2) is 0 Å². The standard InChI is InChI=1S/C14H15BrN2/c1-10-8-13(6-7-14(10)15)17(2)12-5-3-4-11(16)9-12/h3-9H,16H2,1-2H3. The molecule has 0 amide bonds. The van der Waals surface area contributed by atoms with Crippen molar-refractivity contribution >= 4 is 33.0 Å². The Labute approximate surface area is 110 Å². The van der Waals surface area contributed by atoms with Crippen LogP contribution in [0.4, 0.5) is 17.1 Å². The molecule has 0 bridgehead atoms. The summed E-state index contributed by atoms with van der Waals surface area (Å²) in [7, 11) is 2.04. The smallest absolute Gasteiger partial charge is 0.0428 e. The van der Waals surface area contributed by atoms with Crippen molar-refractivity contribution in [3.05, 3.63) is 52.5 Å². The molecule has 0 aliphatic rings. The largest absolute Gasteiger partial charge is 0.399 e. The molecule has 0 aromatic heterocycles. The number of nitrogen functional groups attached to an aromatic ring is 1. The van der Waals surface area contributed by atoms with Gasteiger partial charge in [0, 0.05) is 28.6 Å². The van der Waals surface area contributed by atoms with Crippen LogP contribution in [0.3, 0.4) is 0 Å². The highest BCUT2D eigenvalue weighted by Gasteiger charge is 2.05. The van der Waals surface area contributed by atoms with Crippen molar-refractivity contribution in [3.8, 4) is 0 Å². The zero-order chi connectivity index (χ0) is 12.4. The number of nitrogens with two attached hydrogens (primary N) is 1. The Kier molecular flexibility index (Phi) is 3.38. The first-order valence-electron chi connectivity index (χ1n) is 5.43. The van der Waals surface area contributed by atoms with Gasteiger partial charge in [0.1, 0.15) is 0 Å². The van der Waals surface area contributed by atoms with Crippen LogP contribution < -0.4 is 10.6 Å². The molecule has 2 N–H and O–H groups in total. The van der Waals surface area contributed by atoms with E-state index < -0.39 is 0 Å². The van der Waals surface area contributed by atoms with Crippen molar-refractivity contribution in [1.82, 2.24) is 0 Å². The molecule has 88 valence electrons. The lowest BCUT2D eigenvalue weighted by Gasteiger charge is -2.20. The summed E-state index contributed by atoms with van der Waals surface area (Å²) in [6, 6.07) is 14.2. The van der Waals surface area contributed by atoms with Gasteiger partial charge in [-0.1, -0.05) is 22.0 Å². The maximum Gasteiger partial charge on any atom is 0.0428 e. The molecule has 0 aliphatic carbocycles. The molecule has 0 heterocycles. The number of nitrogens with zero attached hydrogens (tertiary/aromatic N) is 1. The first-order chi connectivity index (χ1) is 8.08. The maximum absolute atomic E-state index is 5.79. The van der Waals surface area contributed by atoms with Crippen molar-refractivity contribution in [3.63, 3.8) is 0 Å². The Morgan fingerprint density at radius 2 is 1.76 bits per heavy atom. The van der Waals surface area contributed by atoms with E-state index >= 15 is 0 Å². The zero-order valence-corrected chi connectivity index (χ0v) is 11.5. The highest BCUT2D eigenvalue weighted by atomic mass is 79.9. The number of benzene rings is 2. The van der Waals surface area contributed by atoms with Gasteiger partial charge in [-0.2, -0.15) is 0 Å². The number of anilines is 3. The van der Waals surface area contributed by atoms with Crippen molar-refractivity contribution in [2.75, 3.05) is 17.7 Å². The Morgan fingerprint density at radius 3 is 2.41 bits per heavy atom. The Balaban J connectivity index is 2.36. The van der Waals surface area contributed by atoms with E-state index in [4.69, 9.17) is 5.73 Å². The monoisotopic (exact) mass is 290 g/mol. The maximum atomic E-state index is 5.79. The summed E-state index contributed by atoms with van der Waals surface area (Å²) in [6.45, 7) is 2.08. The van der Waals surface area contributed by atoms with E-state index in [-0.39, 0.29) is 0 Å². The van der Waals surface area contributed by atoms with Crippen LogP contribution in [-0.2, 0) is 0 Å². The van der Waals surface area contributed by atoms with Crippen molar-refractivity contribution in [2.45, 2.75) is 6.92 Å². The number of halogens is 1. The average molecular weight is 291 g/mol. The summed E-state index contributed by atoms with van der Waals surface area (Å²) in [5, 5.41) is 0. The molecule has 2 nitrogen and oxygen atoms in total. The quantitative estimate of drug-likeness (QED) is 0.844. The minimum Gasteiger partial charge on any atom is -0.399 e. The molecule has 2 aromatic rings. The number of hydrogen-bond acceptors (Lipinski definition) is 2. The molecule has 0 fully saturated rings. The van der Waals surface area contributed by atoms with Crippen LogP contribution in [0, 0.1) is 6.92 Å². The second kappa shape index (κ2) is 4.80. The molecular weight excluding hydrogens is 276 g/mol. The number of hydrogen-bond donors (Lipinski definition) is 1. The third-order valence-electron chi connectivity index (χ3n) is 2.79. The third-order valence-corrected chi connectivity index (χ3v) is 3.68. The molecule has 0 radical (unpaired) electrons. The summed E-state index contributed by atoms with van der Waals surface area (Å²) < 4.78 is 1.13. The van der Waals surface area contributed by atoms with E-state index in [0.717, 1.165) is 21.5 Å². The van der Waals surface area contributed by atoms with E-state index in [9.17, 15) is 0 Å². The lowest BCUT2D eigenvalue weighted by molar-refractivity contribution is 1.20. The van der Waals surface area contributed by atoms with E-state index in [2.05, 4.69) is 46.0 Å². The topological polar surface area (TPSA) is 29.3 Å². The van der Waals surface area contributed by atoms with Crippen LogP contribution in [0.15, 0.2) is 46.9 Å². The average Bonchev–Trinajstić information content (AvgIpc) is 2.32. The SMILES string of the molecule is Cc1cc(N(C)c2cccc(N)c2)ccc1Br. The third kappa shape index (κ3) is 2.61. The normalized spacial score (nSPS) is 10.3. The van der Waals surface area contributed by atoms with E-state index in [1.807, 2.05) is 31.3 Å². The Bertz CT molecular complexity index is 537. The first kappa shape index (κ1) is 12.0. The van der Waals surface area contributed by atoms with Gasteiger partial charge in [0.05, 0.1) is 0 Å². The minimum absolute atomic E-state index is 0.781. The number of rotatable bonds is 2. The van der Waals surface area contributed by atoms with Gasteiger partial charge in [-0.3, -0.25) is 0 Å². The fraction of sp³-hybridized carbons (Fsp3) is 0.143. The molecule has 0 aliphatic heterocycles. The molecule has 3 heteroatoms. The van der Waals surface area contributed by atoms with Crippen LogP contribution in [0.2, 0.25) is 0 Å². The lowest BCUT2D eigenvalue weighted by atomic mass is 10.2. The molecule has 2 rings (SSSR count). The van der Waals surface area contributed by atoms with Crippen molar-refractivity contribution in [2.24, 2.45) is 0 Å². The highest BCUT2D eigenvalue weighted by molar-refractivity contribution is 9.10. The van der Waals surface area contributed by atoms with Gasteiger partial charge < -0.3 is 10.6 Å². The predicted octanol–water partition coefficient (Wildman–Crippen LogP) is 4.11. The first-order valence-corrected chi connectivity index (χ1v) is 6.22. The van der Waals surface area contributed by atoms with Crippen molar-refractivity contribution < 1.29 is 0 Å². The second-order valence-electron chi connectivity index (χ2n) is 4.09. The van der Waals surface area contributed by atoms with Gasteiger partial charge >= 0.3 is 0 Å². The predicted molar refractivity (Wildman–Crippen MR) is 77.8 cm³/mol. The molecular formula is C14H15BrN2. The van der Waals surface area contributed by atoms with E-state index in [1.54, 1.807) is 0 Å². The van der Waals surface area contributed by atoms with Gasteiger partial charge in [-0.05, 0) is 48.9 Å². The summed E-state index contributed by atoms with van der Waals surface area (Å²) in [5.74, 6) is 0. The molecule has 0 atom stereocenters. The Hall–Kier alpha value is -1.48. The molecule has 0 saturated heterocycles. The van der Waals surface area contributed by atoms with Gasteiger partial charge in [-0.15, -0.1) is 0 Å². The Morgan fingerprint density at radius 1 is 1.06 bits per heavy atom. The molecule has 0 saturated carbocycles. The van der Waals surface area contributed by atoms with Crippen molar-refractivity contribution in [1.29, 1.82) is 0 Å². The molecule has 0 spiro atoms. The van der Waals surface area contributed by atoms with Gasteiger partial charge in [0.25, 0.3) is 0 Å². The zero-order valence-electron chi connectivity index (χ0n) is 9.94. The fourth-order valence-corrected chi connectivity index (χ4v) is 1.97. The fourth-order valence-electron chi connectivity index (χ4n) is 1.72. The van der Waals surface area contributed by atoms with Crippen LogP contribution in [-0.4, -0.2) is 7.05 Å². The molecule has 17 heavy (non-hydrogen) atoms. The van der Waals surface area contributed by atoms with E-state index in [0.29, 0.717) is 0 Å². The highest BCUT2D eigenvalue weighted by Crippen LogP contribution is 2.28. The minimum atomic E-state index is 0.781. The van der Waals surface area contributed by atoms with Crippen LogP contribution >= 0.6 is 15.9 Å². The summed E-state index contributed by atoms with van der Waals surface area (Å²) in [6.07, 6.45) is 0. The van der Waals surface area contributed by atoms with Crippen LogP contribution in [0.5, 0.6) is 0 Å². The number of aryl methyl sites for hydroxylation is 1. The summed E-state index contributed by atoms with van der Waals surface area (Å²) in [5.41, 5.74) is 10.0. The van der Waals surface area contributed by atoms with E-state index in [1.165, 1.54) is 5.56 Å². The summed E-state index contributed by atoms with van der Waals surface area (Å²) in [4.78, 5) is 2.12.